The summed E-state index contributed by atoms with van der Waals surface area (Å²) in [5.41, 5.74) is 11.2. The highest BCUT2D eigenvalue weighted by Crippen LogP contribution is 2.39. The molecular formula is C34H35N2Si+. The molecule has 1 saturated carbocycles. The average molecular weight is 500 g/mol. The Labute approximate surface area is 222 Å². The van der Waals surface area contributed by atoms with Gasteiger partial charge < -0.3 is 0 Å². The van der Waals surface area contributed by atoms with Gasteiger partial charge in [0.15, 0.2) is 6.20 Å². The molecule has 1 aliphatic heterocycles. The van der Waals surface area contributed by atoms with E-state index in [1.807, 2.05) is 6.07 Å². The normalized spacial score (nSPS) is 16.2. The van der Waals surface area contributed by atoms with Crippen LogP contribution in [0.5, 0.6) is 0 Å². The summed E-state index contributed by atoms with van der Waals surface area (Å²) in [6.07, 6.45) is 8.80. The van der Waals surface area contributed by atoms with Crippen molar-refractivity contribution in [1.82, 2.24) is 0 Å². The molecule has 0 N–H and O–H groups in total. The van der Waals surface area contributed by atoms with E-state index in [1.165, 1.54) is 81.6 Å². The standard InChI is InChI=1S/C34H35N2Si/c1-23-13-19-28-29-20-18-27(22-35)32(26-16-14-25(15-17-26)24-10-6-5-7-11-24)34(29)37(3,4)33(28)31(23)30-12-8-9-21-36(30)2/h8-9,12-21,24H,5-7,10-11H2,1-4H3/q+1. The van der Waals surface area contributed by atoms with Crippen molar-refractivity contribution in [3.8, 4) is 39.6 Å². The predicted octanol–water partition coefficient (Wildman–Crippen LogP) is 6.88. The largest absolute Gasteiger partial charge is 0.212 e. The highest BCUT2D eigenvalue weighted by Gasteiger charge is 2.43. The maximum Gasteiger partial charge on any atom is 0.212 e. The maximum absolute atomic E-state index is 10.2. The maximum atomic E-state index is 10.2. The van der Waals surface area contributed by atoms with Crippen LogP contribution in [0.3, 0.4) is 0 Å². The molecule has 1 aromatic heterocycles. The van der Waals surface area contributed by atoms with Gasteiger partial charge in [-0.2, -0.15) is 5.26 Å². The molecule has 2 aliphatic rings. The van der Waals surface area contributed by atoms with E-state index in [4.69, 9.17) is 0 Å². The number of aromatic nitrogens is 1. The number of pyridine rings is 1. The zero-order valence-corrected chi connectivity index (χ0v) is 23.4. The minimum Gasteiger partial charge on any atom is -0.201 e. The fourth-order valence-corrected chi connectivity index (χ4v) is 10.9. The van der Waals surface area contributed by atoms with Gasteiger partial charge in [0.2, 0.25) is 5.69 Å². The molecule has 184 valence electrons. The van der Waals surface area contributed by atoms with Crippen molar-refractivity contribution < 1.29 is 4.57 Å². The summed E-state index contributed by atoms with van der Waals surface area (Å²) < 4.78 is 2.24. The van der Waals surface area contributed by atoms with Gasteiger partial charge in [0.05, 0.1) is 11.6 Å². The number of fused-ring (bicyclic) bond motifs is 3. The molecule has 0 unspecified atom stereocenters. The van der Waals surface area contributed by atoms with E-state index in [-0.39, 0.29) is 0 Å². The summed E-state index contributed by atoms with van der Waals surface area (Å²) in [6, 6.07) is 27.1. The lowest BCUT2D eigenvalue weighted by molar-refractivity contribution is -0.660. The molecule has 0 saturated heterocycles. The second kappa shape index (κ2) is 9.12. The van der Waals surface area contributed by atoms with Gasteiger partial charge in [-0.25, -0.2) is 4.57 Å². The third kappa shape index (κ3) is 3.78. The Morgan fingerprint density at radius 3 is 2.16 bits per heavy atom. The zero-order chi connectivity index (χ0) is 25.7. The summed E-state index contributed by atoms with van der Waals surface area (Å²) in [4.78, 5) is 0. The first kappa shape index (κ1) is 23.9. The van der Waals surface area contributed by atoms with Crippen LogP contribution in [-0.2, 0) is 7.05 Å². The van der Waals surface area contributed by atoms with Gasteiger partial charge in [0.1, 0.15) is 15.1 Å². The van der Waals surface area contributed by atoms with Crippen LogP contribution in [-0.4, -0.2) is 8.07 Å². The van der Waals surface area contributed by atoms with Gasteiger partial charge in [-0.15, -0.1) is 0 Å². The number of benzene rings is 3. The van der Waals surface area contributed by atoms with E-state index in [2.05, 4.69) is 105 Å². The molecule has 2 heterocycles. The summed E-state index contributed by atoms with van der Waals surface area (Å²) in [5.74, 6) is 0.687. The third-order valence-electron chi connectivity index (χ3n) is 8.87. The Kier molecular flexibility index (Phi) is 5.89. The predicted molar refractivity (Wildman–Crippen MR) is 156 cm³/mol. The van der Waals surface area contributed by atoms with E-state index in [0.717, 1.165) is 11.1 Å². The Morgan fingerprint density at radius 2 is 1.49 bits per heavy atom. The molecule has 0 atom stereocenters. The molecule has 0 spiro atoms. The fraction of sp³-hybridized carbons (Fsp3) is 0.294. The van der Waals surface area contributed by atoms with Gasteiger partial charge in [0, 0.05) is 17.7 Å². The summed E-state index contributed by atoms with van der Waals surface area (Å²) in [6.45, 7) is 7.19. The molecule has 3 heteroatoms. The molecule has 1 fully saturated rings. The molecule has 3 aromatic carbocycles. The van der Waals surface area contributed by atoms with Crippen LogP contribution in [0.15, 0.2) is 72.9 Å². The smallest absolute Gasteiger partial charge is 0.201 e. The Hall–Kier alpha value is -3.48. The van der Waals surface area contributed by atoms with E-state index in [0.29, 0.717) is 5.92 Å². The molecule has 37 heavy (non-hydrogen) atoms. The first-order chi connectivity index (χ1) is 17.9. The van der Waals surface area contributed by atoms with E-state index in [1.54, 1.807) is 0 Å². The van der Waals surface area contributed by atoms with Crippen molar-refractivity contribution >= 4 is 18.4 Å². The van der Waals surface area contributed by atoms with Crippen molar-refractivity contribution in [3.63, 3.8) is 0 Å². The molecular weight excluding hydrogens is 464 g/mol. The van der Waals surface area contributed by atoms with Crippen LogP contribution in [0.25, 0.3) is 33.5 Å². The topological polar surface area (TPSA) is 27.7 Å². The van der Waals surface area contributed by atoms with Crippen LogP contribution in [0.4, 0.5) is 0 Å². The summed E-state index contributed by atoms with van der Waals surface area (Å²) in [5, 5.41) is 13.1. The van der Waals surface area contributed by atoms with E-state index in [9.17, 15) is 5.26 Å². The van der Waals surface area contributed by atoms with Crippen LogP contribution >= 0.6 is 0 Å². The molecule has 0 amide bonds. The first-order valence-electron chi connectivity index (χ1n) is 13.7. The van der Waals surface area contributed by atoms with Crippen LogP contribution in [0.1, 0.15) is 54.7 Å². The number of nitrogens with zero attached hydrogens (tertiary/aromatic N) is 2. The quantitative estimate of drug-likeness (QED) is 0.223. The Balaban J connectivity index is 1.55. The summed E-state index contributed by atoms with van der Waals surface area (Å²) >= 11 is 0. The number of hydrogen-bond acceptors (Lipinski definition) is 1. The van der Waals surface area contributed by atoms with E-state index < -0.39 is 8.07 Å². The molecule has 0 bridgehead atoms. The minimum atomic E-state index is -2.15. The van der Waals surface area contributed by atoms with Crippen LogP contribution in [0, 0.1) is 18.3 Å². The average Bonchev–Trinajstić information content (AvgIpc) is 3.16. The van der Waals surface area contributed by atoms with Crippen molar-refractivity contribution in [3.05, 3.63) is 89.6 Å². The highest BCUT2D eigenvalue weighted by atomic mass is 28.3. The minimum absolute atomic E-state index is 0.687. The lowest BCUT2D eigenvalue weighted by Gasteiger charge is -2.26. The second-order valence-corrected chi connectivity index (χ2v) is 15.7. The Morgan fingerprint density at radius 1 is 0.811 bits per heavy atom. The lowest BCUT2D eigenvalue weighted by atomic mass is 9.83. The third-order valence-corrected chi connectivity index (χ3v) is 12.4. The molecule has 1 aliphatic carbocycles. The molecule has 4 aromatic rings. The van der Waals surface area contributed by atoms with Crippen molar-refractivity contribution in [2.24, 2.45) is 7.05 Å². The van der Waals surface area contributed by atoms with Gasteiger partial charge in [-0.1, -0.05) is 74.8 Å². The number of hydrogen-bond donors (Lipinski definition) is 0. The van der Waals surface area contributed by atoms with Crippen LogP contribution < -0.4 is 14.9 Å². The van der Waals surface area contributed by atoms with Crippen molar-refractivity contribution in [2.75, 3.05) is 0 Å². The number of rotatable bonds is 3. The molecule has 2 nitrogen and oxygen atoms in total. The SMILES string of the molecule is Cc1ccc2c(c1-c1cccc[n+]1C)[Si](C)(C)c1c-2ccc(C#N)c1-c1ccc(C2CCCCC2)cc1. The molecule has 6 rings (SSSR count). The van der Waals surface area contributed by atoms with Crippen LogP contribution in [0.2, 0.25) is 13.1 Å². The monoisotopic (exact) mass is 499 g/mol. The van der Waals surface area contributed by atoms with Crippen molar-refractivity contribution in [2.45, 2.75) is 58.0 Å². The summed E-state index contributed by atoms with van der Waals surface area (Å²) in [7, 11) is -0.0116. The number of aryl methyl sites for hydroxylation is 2. The van der Waals surface area contributed by atoms with Gasteiger partial charge in [0.25, 0.3) is 0 Å². The lowest BCUT2D eigenvalue weighted by Crippen LogP contribution is -2.52. The molecule has 0 radical (unpaired) electrons. The fourth-order valence-electron chi connectivity index (χ4n) is 7.05. The highest BCUT2D eigenvalue weighted by molar-refractivity contribution is 7.05. The first-order valence-corrected chi connectivity index (χ1v) is 16.7. The van der Waals surface area contributed by atoms with E-state index >= 15 is 0 Å². The van der Waals surface area contributed by atoms with Gasteiger partial charge >= 0.3 is 0 Å². The number of nitriles is 1. The van der Waals surface area contributed by atoms with Gasteiger partial charge in [-0.05, 0) is 81.6 Å². The van der Waals surface area contributed by atoms with Gasteiger partial charge in [-0.3, -0.25) is 0 Å². The van der Waals surface area contributed by atoms with Crippen molar-refractivity contribution in [1.29, 1.82) is 5.26 Å². The Bertz CT molecular complexity index is 1550. The zero-order valence-electron chi connectivity index (χ0n) is 22.4. The second-order valence-electron chi connectivity index (χ2n) is 11.5.